The fourth-order valence-corrected chi connectivity index (χ4v) is 4.06. The van der Waals surface area contributed by atoms with Crippen LogP contribution in [-0.2, 0) is 11.3 Å². The van der Waals surface area contributed by atoms with Gasteiger partial charge in [-0.05, 0) is 50.2 Å². The topological polar surface area (TPSA) is 58.1 Å². The molecule has 1 atom stereocenters. The lowest BCUT2D eigenvalue weighted by atomic mass is 10.1. The number of aliphatic imine (C=N–C) groups is 1. The lowest BCUT2D eigenvalue weighted by Crippen LogP contribution is -2.43. The summed E-state index contributed by atoms with van der Waals surface area (Å²) in [4.78, 5) is 6.87. The number of nitrogens with one attached hydrogen (secondary N) is 2. The summed E-state index contributed by atoms with van der Waals surface area (Å²) in [7, 11) is 1.83. The second kappa shape index (κ2) is 13.4. The van der Waals surface area contributed by atoms with E-state index in [2.05, 4.69) is 52.6 Å². The van der Waals surface area contributed by atoms with E-state index in [1.165, 1.54) is 36.8 Å². The Balaban J connectivity index is 0.00000320. The molecule has 1 saturated heterocycles. The molecule has 1 aromatic rings. The zero-order chi connectivity index (χ0) is 20.5. The number of hydrogen-bond donors (Lipinski definition) is 2. The largest absolute Gasteiger partial charge is 0.490 e. The maximum absolute atomic E-state index is 6.32. The SMILES string of the molecule is CN=C(NCc1ccc(C)cc1OC1CCCC1)NCC(C)CN1CCOCC1.I. The molecule has 6 nitrogen and oxygen atoms in total. The molecule has 30 heavy (non-hydrogen) atoms. The lowest BCUT2D eigenvalue weighted by Gasteiger charge is -2.29. The van der Waals surface area contributed by atoms with E-state index in [4.69, 9.17) is 9.47 Å². The average molecular weight is 530 g/mol. The molecule has 2 N–H and O–H groups in total. The van der Waals surface area contributed by atoms with Gasteiger partial charge < -0.3 is 20.1 Å². The monoisotopic (exact) mass is 530 g/mol. The normalized spacial score (nSPS) is 19.2. The molecule has 3 rings (SSSR count). The number of ether oxygens (including phenoxy) is 2. The Bertz CT molecular complexity index is 659. The van der Waals surface area contributed by atoms with Crippen LogP contribution in [0.4, 0.5) is 0 Å². The third kappa shape index (κ3) is 8.23. The van der Waals surface area contributed by atoms with Crippen molar-refractivity contribution in [2.45, 2.75) is 52.2 Å². The molecule has 2 fully saturated rings. The van der Waals surface area contributed by atoms with E-state index in [-0.39, 0.29) is 24.0 Å². The van der Waals surface area contributed by atoms with Gasteiger partial charge in [0.15, 0.2) is 5.96 Å². The Hall–Kier alpha value is -1.06. The molecule has 0 aromatic heterocycles. The van der Waals surface area contributed by atoms with Gasteiger partial charge in [0.2, 0.25) is 0 Å². The third-order valence-electron chi connectivity index (χ3n) is 5.78. The first-order valence-corrected chi connectivity index (χ1v) is 11.1. The highest BCUT2D eigenvalue weighted by atomic mass is 127. The van der Waals surface area contributed by atoms with Crippen LogP contribution in [0.2, 0.25) is 0 Å². The Labute approximate surface area is 199 Å². The Morgan fingerprint density at radius 2 is 1.97 bits per heavy atom. The minimum absolute atomic E-state index is 0. The van der Waals surface area contributed by atoms with Crippen LogP contribution >= 0.6 is 24.0 Å². The van der Waals surface area contributed by atoms with Crippen molar-refractivity contribution in [3.63, 3.8) is 0 Å². The second-order valence-electron chi connectivity index (χ2n) is 8.46. The zero-order valence-electron chi connectivity index (χ0n) is 18.8. The smallest absolute Gasteiger partial charge is 0.191 e. The van der Waals surface area contributed by atoms with Crippen molar-refractivity contribution in [2.75, 3.05) is 46.4 Å². The molecule has 1 aromatic carbocycles. The van der Waals surface area contributed by atoms with Gasteiger partial charge in [-0.15, -0.1) is 24.0 Å². The molecule has 1 unspecified atom stereocenters. The molecule has 0 radical (unpaired) electrons. The number of aryl methyl sites for hydroxylation is 1. The molecule has 170 valence electrons. The number of guanidine groups is 1. The highest BCUT2D eigenvalue weighted by Gasteiger charge is 2.18. The molecular formula is C23H39IN4O2. The molecule has 2 aliphatic rings. The van der Waals surface area contributed by atoms with Crippen LogP contribution in [0, 0.1) is 12.8 Å². The van der Waals surface area contributed by atoms with E-state index >= 15 is 0 Å². The number of morpholine rings is 1. The van der Waals surface area contributed by atoms with Crippen LogP contribution < -0.4 is 15.4 Å². The van der Waals surface area contributed by atoms with E-state index in [0.29, 0.717) is 18.6 Å². The van der Waals surface area contributed by atoms with Crippen molar-refractivity contribution in [1.82, 2.24) is 15.5 Å². The minimum Gasteiger partial charge on any atom is -0.490 e. The van der Waals surface area contributed by atoms with Crippen LogP contribution in [0.25, 0.3) is 0 Å². The molecule has 0 spiro atoms. The van der Waals surface area contributed by atoms with Crippen molar-refractivity contribution in [1.29, 1.82) is 0 Å². The summed E-state index contributed by atoms with van der Waals surface area (Å²) in [6, 6.07) is 6.48. The van der Waals surface area contributed by atoms with Gasteiger partial charge in [0, 0.05) is 45.3 Å². The maximum atomic E-state index is 6.32. The van der Waals surface area contributed by atoms with Gasteiger partial charge in [0.05, 0.1) is 19.3 Å². The van der Waals surface area contributed by atoms with Gasteiger partial charge in [-0.2, -0.15) is 0 Å². The first kappa shape index (κ1) is 25.2. The summed E-state index contributed by atoms with van der Waals surface area (Å²) in [6.45, 7) is 10.9. The Morgan fingerprint density at radius 1 is 1.23 bits per heavy atom. The first-order valence-electron chi connectivity index (χ1n) is 11.1. The highest BCUT2D eigenvalue weighted by Crippen LogP contribution is 2.27. The quantitative estimate of drug-likeness (QED) is 0.306. The van der Waals surface area contributed by atoms with Crippen LogP contribution in [0.1, 0.15) is 43.7 Å². The summed E-state index contributed by atoms with van der Waals surface area (Å²) in [6.07, 6.45) is 5.27. The fraction of sp³-hybridized carbons (Fsp3) is 0.696. The van der Waals surface area contributed by atoms with E-state index < -0.39 is 0 Å². The number of halogens is 1. The van der Waals surface area contributed by atoms with Gasteiger partial charge in [-0.25, -0.2) is 0 Å². The second-order valence-corrected chi connectivity index (χ2v) is 8.46. The molecule has 1 saturated carbocycles. The Morgan fingerprint density at radius 3 is 2.67 bits per heavy atom. The van der Waals surface area contributed by atoms with Crippen molar-refractivity contribution in [3.05, 3.63) is 29.3 Å². The summed E-state index contributed by atoms with van der Waals surface area (Å²) in [5.41, 5.74) is 2.42. The summed E-state index contributed by atoms with van der Waals surface area (Å²) < 4.78 is 11.8. The maximum Gasteiger partial charge on any atom is 0.191 e. The van der Waals surface area contributed by atoms with Crippen LogP contribution in [0.3, 0.4) is 0 Å². The minimum atomic E-state index is 0. The van der Waals surface area contributed by atoms with Crippen molar-refractivity contribution < 1.29 is 9.47 Å². The number of benzene rings is 1. The van der Waals surface area contributed by atoms with Crippen LogP contribution in [-0.4, -0.2) is 63.4 Å². The van der Waals surface area contributed by atoms with E-state index in [9.17, 15) is 0 Å². The molecule has 0 bridgehead atoms. The Kier molecular flexibility index (Phi) is 11.2. The van der Waals surface area contributed by atoms with Gasteiger partial charge in [-0.1, -0.05) is 19.1 Å². The summed E-state index contributed by atoms with van der Waals surface area (Å²) in [5, 5.41) is 6.93. The van der Waals surface area contributed by atoms with Gasteiger partial charge in [-0.3, -0.25) is 9.89 Å². The average Bonchev–Trinajstić information content (AvgIpc) is 3.23. The van der Waals surface area contributed by atoms with Crippen molar-refractivity contribution >= 4 is 29.9 Å². The lowest BCUT2D eigenvalue weighted by molar-refractivity contribution is 0.0320. The third-order valence-corrected chi connectivity index (χ3v) is 5.78. The van der Waals surface area contributed by atoms with Gasteiger partial charge >= 0.3 is 0 Å². The standard InChI is InChI=1S/C23H38N4O2.HI/c1-18-8-9-20(22(14-18)29-21-6-4-5-7-21)16-26-23(24-3)25-15-19(2)17-27-10-12-28-13-11-27;/h8-9,14,19,21H,4-7,10-13,15-17H2,1-3H3,(H2,24,25,26);1H. The zero-order valence-corrected chi connectivity index (χ0v) is 21.1. The number of hydrogen-bond acceptors (Lipinski definition) is 4. The van der Waals surface area contributed by atoms with Crippen molar-refractivity contribution in [3.8, 4) is 5.75 Å². The highest BCUT2D eigenvalue weighted by molar-refractivity contribution is 14.0. The molecular weight excluding hydrogens is 491 g/mol. The summed E-state index contributed by atoms with van der Waals surface area (Å²) >= 11 is 0. The molecule has 0 amide bonds. The van der Waals surface area contributed by atoms with Crippen LogP contribution in [0.15, 0.2) is 23.2 Å². The van der Waals surface area contributed by atoms with Gasteiger partial charge in [0.1, 0.15) is 5.75 Å². The van der Waals surface area contributed by atoms with Gasteiger partial charge in [0.25, 0.3) is 0 Å². The van der Waals surface area contributed by atoms with Crippen LogP contribution in [0.5, 0.6) is 5.75 Å². The predicted octanol–water partition coefficient (Wildman–Crippen LogP) is 3.57. The first-order chi connectivity index (χ1) is 14.1. The van der Waals surface area contributed by atoms with Crippen molar-refractivity contribution in [2.24, 2.45) is 10.9 Å². The fourth-order valence-electron chi connectivity index (χ4n) is 4.06. The van der Waals surface area contributed by atoms with E-state index in [1.54, 1.807) is 0 Å². The molecule has 7 heteroatoms. The predicted molar refractivity (Wildman–Crippen MR) is 134 cm³/mol. The van der Waals surface area contributed by atoms with E-state index in [0.717, 1.165) is 51.1 Å². The molecule has 1 aliphatic heterocycles. The molecule has 1 heterocycles. The summed E-state index contributed by atoms with van der Waals surface area (Å²) in [5.74, 6) is 2.40. The number of nitrogens with zero attached hydrogens (tertiary/aromatic N) is 2. The number of rotatable bonds is 8. The molecule has 1 aliphatic carbocycles. The van der Waals surface area contributed by atoms with E-state index in [1.807, 2.05) is 7.05 Å².